The zero-order chi connectivity index (χ0) is 16.5. The maximum absolute atomic E-state index is 12.3. The Morgan fingerprint density at radius 3 is 2.36 bits per heavy atom. The van der Waals surface area contributed by atoms with Crippen LogP contribution in [0.2, 0.25) is 19.6 Å². The fraction of sp³-hybridized carbons (Fsp3) is 0.471. The van der Waals surface area contributed by atoms with Gasteiger partial charge < -0.3 is 14.2 Å². The van der Waals surface area contributed by atoms with Crippen molar-refractivity contribution in [1.29, 1.82) is 0 Å². The lowest BCUT2D eigenvalue weighted by atomic mass is 10.2. The minimum absolute atomic E-state index is 0.264. The van der Waals surface area contributed by atoms with Crippen molar-refractivity contribution < 1.29 is 9.53 Å². The van der Waals surface area contributed by atoms with E-state index in [1.54, 1.807) is 4.90 Å². The number of carbonyl (C=O) groups is 1. The summed E-state index contributed by atoms with van der Waals surface area (Å²) in [5, 5.41) is 2.41. The molecule has 0 radical (unpaired) electrons. The van der Waals surface area contributed by atoms with Gasteiger partial charge in [-0.1, -0.05) is 19.6 Å². The zero-order valence-corrected chi connectivity index (χ0v) is 15.4. The Hall–Kier alpha value is -1.75. The number of aromatic nitrogens is 1. The molecule has 0 fully saturated rings. The van der Waals surface area contributed by atoms with Gasteiger partial charge in [0.05, 0.1) is 8.07 Å². The van der Waals surface area contributed by atoms with Gasteiger partial charge in [0.1, 0.15) is 5.75 Å². The lowest BCUT2D eigenvalue weighted by Crippen LogP contribution is -2.41. The van der Waals surface area contributed by atoms with Crippen LogP contribution in [0, 0.1) is 0 Å². The van der Waals surface area contributed by atoms with Crippen molar-refractivity contribution in [2.45, 2.75) is 33.5 Å². The summed E-state index contributed by atoms with van der Waals surface area (Å²) in [6, 6.07) is 6.10. The highest BCUT2D eigenvalue weighted by atomic mass is 28.3. The number of hydrogen-bond acceptors (Lipinski definition) is 2. The molecule has 0 aliphatic carbocycles. The molecule has 0 spiro atoms. The molecular weight excluding hydrogens is 292 g/mol. The minimum atomic E-state index is -1.66. The maximum Gasteiger partial charge on any atom is 0.415 e. The largest absolute Gasteiger partial charge is 0.415 e. The van der Waals surface area contributed by atoms with Crippen molar-refractivity contribution in [2.24, 2.45) is 7.05 Å². The summed E-state index contributed by atoms with van der Waals surface area (Å²) in [5.74, 6) is 0.717. The number of amides is 1. The van der Waals surface area contributed by atoms with Crippen LogP contribution in [0.5, 0.6) is 5.75 Å². The van der Waals surface area contributed by atoms with E-state index in [4.69, 9.17) is 4.74 Å². The van der Waals surface area contributed by atoms with Crippen molar-refractivity contribution in [3.05, 3.63) is 24.4 Å². The molecular formula is C17H26N2O2Si. The van der Waals surface area contributed by atoms with E-state index in [1.165, 1.54) is 16.1 Å². The molecule has 2 rings (SSSR count). The van der Waals surface area contributed by atoms with Crippen molar-refractivity contribution in [3.8, 4) is 5.75 Å². The summed E-state index contributed by atoms with van der Waals surface area (Å²) in [6.07, 6.45) is 1.80. The second-order valence-corrected chi connectivity index (χ2v) is 11.6. The van der Waals surface area contributed by atoms with E-state index in [2.05, 4.69) is 36.5 Å². The first kappa shape index (κ1) is 16.6. The number of ether oxygens (including phenoxy) is 1. The van der Waals surface area contributed by atoms with Crippen LogP contribution in [0.3, 0.4) is 0 Å². The third-order valence-electron chi connectivity index (χ3n) is 4.00. The van der Waals surface area contributed by atoms with Gasteiger partial charge >= 0.3 is 6.09 Å². The highest BCUT2D eigenvalue weighted by molar-refractivity contribution is 6.91. The van der Waals surface area contributed by atoms with Crippen molar-refractivity contribution in [2.75, 3.05) is 13.1 Å². The molecule has 0 saturated heterocycles. The van der Waals surface area contributed by atoms with Gasteiger partial charge in [0.25, 0.3) is 0 Å². The third-order valence-corrected chi connectivity index (χ3v) is 6.01. The van der Waals surface area contributed by atoms with E-state index >= 15 is 0 Å². The van der Waals surface area contributed by atoms with E-state index in [-0.39, 0.29) is 6.09 Å². The van der Waals surface area contributed by atoms with Crippen LogP contribution < -0.4 is 9.92 Å². The minimum Gasteiger partial charge on any atom is -0.410 e. The second-order valence-electron chi connectivity index (χ2n) is 6.59. The molecule has 0 aliphatic heterocycles. The SMILES string of the molecule is CCN(CC)C(=O)Oc1ccc2c(ccn2C)c1[Si](C)(C)C. The van der Waals surface area contributed by atoms with E-state index < -0.39 is 8.07 Å². The number of carbonyl (C=O) groups excluding carboxylic acids is 1. The standard InChI is InChI=1S/C17H26N2O2Si/c1-7-19(8-2)17(20)21-15-10-9-14-13(11-12-18(14)3)16(15)22(4,5)6/h9-12H,7-8H2,1-6H3. The Bertz CT molecular complexity index is 682. The lowest BCUT2D eigenvalue weighted by Gasteiger charge is -2.24. The van der Waals surface area contributed by atoms with Crippen molar-refractivity contribution >= 4 is 30.3 Å². The Kier molecular flexibility index (Phi) is 4.65. The van der Waals surface area contributed by atoms with Crippen molar-refractivity contribution in [3.63, 3.8) is 0 Å². The van der Waals surface area contributed by atoms with Gasteiger partial charge in [-0.25, -0.2) is 4.79 Å². The van der Waals surface area contributed by atoms with Gasteiger partial charge in [-0.05, 0) is 37.2 Å². The first-order valence-electron chi connectivity index (χ1n) is 7.84. The molecule has 5 heteroatoms. The quantitative estimate of drug-likeness (QED) is 0.808. The Labute approximate surface area is 133 Å². The molecule has 0 aliphatic rings. The van der Waals surface area contributed by atoms with Gasteiger partial charge in [0.15, 0.2) is 0 Å². The zero-order valence-electron chi connectivity index (χ0n) is 14.4. The summed E-state index contributed by atoms with van der Waals surface area (Å²) in [4.78, 5) is 14.0. The van der Waals surface area contributed by atoms with Crippen molar-refractivity contribution in [1.82, 2.24) is 9.47 Å². The Morgan fingerprint density at radius 2 is 1.82 bits per heavy atom. The molecule has 0 unspecified atom stereocenters. The van der Waals surface area contributed by atoms with Gasteiger partial charge in [-0.2, -0.15) is 0 Å². The summed E-state index contributed by atoms with van der Waals surface area (Å²) in [6.45, 7) is 12.1. The third kappa shape index (κ3) is 3.04. The smallest absolute Gasteiger partial charge is 0.410 e. The van der Waals surface area contributed by atoms with Crippen LogP contribution in [-0.2, 0) is 7.05 Å². The predicted octanol–water partition coefficient (Wildman–Crippen LogP) is 3.56. The first-order chi connectivity index (χ1) is 10.3. The van der Waals surface area contributed by atoms with E-state index in [9.17, 15) is 4.79 Å². The maximum atomic E-state index is 12.3. The Morgan fingerprint density at radius 1 is 1.18 bits per heavy atom. The predicted molar refractivity (Wildman–Crippen MR) is 94.8 cm³/mol. The summed E-state index contributed by atoms with van der Waals surface area (Å²) in [5.41, 5.74) is 1.18. The Balaban J connectivity index is 2.52. The number of aryl methyl sites for hydroxylation is 1. The van der Waals surface area contributed by atoms with Gasteiger partial charge in [0.2, 0.25) is 0 Å². The second kappa shape index (κ2) is 6.16. The first-order valence-corrected chi connectivity index (χ1v) is 11.3. The molecule has 120 valence electrons. The molecule has 0 N–H and O–H groups in total. The monoisotopic (exact) mass is 318 g/mol. The van der Waals surface area contributed by atoms with E-state index in [0.717, 1.165) is 5.75 Å². The van der Waals surface area contributed by atoms with Crippen LogP contribution in [0.15, 0.2) is 24.4 Å². The lowest BCUT2D eigenvalue weighted by molar-refractivity contribution is 0.157. The van der Waals surface area contributed by atoms with Crippen LogP contribution in [0.25, 0.3) is 10.9 Å². The normalized spacial score (nSPS) is 11.7. The fourth-order valence-corrected chi connectivity index (χ4v) is 4.72. The number of fused-ring (bicyclic) bond motifs is 1. The van der Waals surface area contributed by atoms with E-state index in [0.29, 0.717) is 13.1 Å². The summed E-state index contributed by atoms with van der Waals surface area (Å²) < 4.78 is 7.85. The van der Waals surface area contributed by atoms with Crippen LogP contribution in [0.4, 0.5) is 4.79 Å². The average Bonchev–Trinajstić information content (AvgIpc) is 2.80. The molecule has 1 amide bonds. The van der Waals surface area contributed by atoms with Crippen LogP contribution >= 0.6 is 0 Å². The van der Waals surface area contributed by atoms with E-state index in [1.807, 2.05) is 33.0 Å². The van der Waals surface area contributed by atoms with Gasteiger partial charge in [-0.3, -0.25) is 0 Å². The molecule has 0 bridgehead atoms. The average molecular weight is 318 g/mol. The fourth-order valence-electron chi connectivity index (χ4n) is 2.83. The molecule has 0 atom stereocenters. The van der Waals surface area contributed by atoms with Gasteiger partial charge in [0, 0.05) is 37.2 Å². The summed E-state index contributed by atoms with van der Waals surface area (Å²) in [7, 11) is 0.380. The molecule has 22 heavy (non-hydrogen) atoms. The molecule has 4 nitrogen and oxygen atoms in total. The van der Waals surface area contributed by atoms with Crippen LogP contribution in [-0.4, -0.2) is 36.7 Å². The summed E-state index contributed by atoms with van der Waals surface area (Å²) >= 11 is 0. The highest BCUT2D eigenvalue weighted by Crippen LogP contribution is 2.24. The molecule has 1 aromatic carbocycles. The molecule has 0 saturated carbocycles. The topological polar surface area (TPSA) is 34.5 Å². The number of nitrogens with zero attached hydrogens (tertiary/aromatic N) is 2. The van der Waals surface area contributed by atoms with Crippen LogP contribution in [0.1, 0.15) is 13.8 Å². The number of hydrogen-bond donors (Lipinski definition) is 0. The molecule has 1 aromatic heterocycles. The highest BCUT2D eigenvalue weighted by Gasteiger charge is 2.26. The van der Waals surface area contributed by atoms with Gasteiger partial charge in [-0.15, -0.1) is 0 Å². The number of rotatable bonds is 4. The number of benzene rings is 1. The molecule has 1 heterocycles. The molecule has 2 aromatic rings.